The first-order chi connectivity index (χ1) is 16.6. The predicted octanol–water partition coefficient (Wildman–Crippen LogP) is 2.42. The number of anilines is 2. The fraction of sp³-hybridized carbons (Fsp3) is 0.318. The molecule has 0 saturated carbocycles. The Balaban J connectivity index is 1.65. The highest BCUT2D eigenvalue weighted by atomic mass is 32.2. The van der Waals surface area contributed by atoms with Crippen molar-refractivity contribution in [1.82, 2.24) is 38.3 Å². The first-order valence-electron chi connectivity index (χ1n) is 11.0. The van der Waals surface area contributed by atoms with Crippen molar-refractivity contribution in [2.24, 2.45) is 0 Å². The Kier molecular flexibility index (Phi) is 6.54. The van der Waals surface area contributed by atoms with Crippen LogP contribution in [-0.4, -0.2) is 68.0 Å². The fourth-order valence-corrected chi connectivity index (χ4v) is 4.24. The van der Waals surface area contributed by atoms with Crippen molar-refractivity contribution < 1.29 is 13.2 Å². The van der Waals surface area contributed by atoms with Gasteiger partial charge in [-0.3, -0.25) is 4.79 Å². The van der Waals surface area contributed by atoms with Gasteiger partial charge in [-0.1, -0.05) is 0 Å². The molecular formula is C22H27N9O3S. The van der Waals surface area contributed by atoms with Crippen molar-refractivity contribution in [3.8, 4) is 11.4 Å². The van der Waals surface area contributed by atoms with E-state index in [4.69, 9.17) is 0 Å². The van der Waals surface area contributed by atoms with Gasteiger partial charge in [-0.25, -0.2) is 15.0 Å². The van der Waals surface area contributed by atoms with Crippen LogP contribution in [0.2, 0.25) is 0 Å². The molecule has 1 amide bonds. The fourth-order valence-electron chi connectivity index (χ4n) is 3.49. The first kappa shape index (κ1) is 24.3. The average molecular weight is 498 g/mol. The number of nitrogens with one attached hydrogen (secondary N) is 2. The summed E-state index contributed by atoms with van der Waals surface area (Å²) in [6.07, 6.45) is 7.82. The number of amides is 1. The van der Waals surface area contributed by atoms with Crippen LogP contribution in [0.1, 0.15) is 37.2 Å². The monoisotopic (exact) mass is 497 g/mol. The number of hydrogen-bond donors (Lipinski definition) is 2. The third-order valence-corrected chi connectivity index (χ3v) is 6.88. The van der Waals surface area contributed by atoms with Gasteiger partial charge in [0.2, 0.25) is 0 Å². The molecule has 0 aliphatic carbocycles. The number of carbonyl (C=O) groups excluding carboxylic acids is 1. The van der Waals surface area contributed by atoms with Crippen LogP contribution < -0.4 is 10.6 Å². The molecule has 0 radical (unpaired) electrons. The molecule has 4 rings (SSSR count). The zero-order valence-electron chi connectivity index (χ0n) is 20.1. The van der Waals surface area contributed by atoms with Crippen molar-refractivity contribution in [3.05, 3.63) is 48.7 Å². The number of pyridine rings is 1. The molecule has 0 aromatic carbocycles. The summed E-state index contributed by atoms with van der Waals surface area (Å²) in [5.41, 5.74) is 1.88. The number of carbonyl (C=O) groups is 1. The van der Waals surface area contributed by atoms with Crippen molar-refractivity contribution in [1.29, 1.82) is 0 Å². The van der Waals surface area contributed by atoms with Gasteiger partial charge < -0.3 is 15.2 Å². The van der Waals surface area contributed by atoms with Crippen molar-refractivity contribution >= 4 is 38.7 Å². The number of aromatic nitrogens is 6. The molecule has 4 aromatic rings. The zero-order valence-corrected chi connectivity index (χ0v) is 20.9. The molecule has 4 aromatic heterocycles. The molecule has 0 aliphatic heterocycles. The normalized spacial score (nSPS) is 12.0. The lowest BCUT2D eigenvalue weighted by Gasteiger charge is -2.11. The van der Waals surface area contributed by atoms with E-state index in [1.807, 2.05) is 37.6 Å². The zero-order chi connectivity index (χ0) is 25.3. The van der Waals surface area contributed by atoms with Gasteiger partial charge in [-0.15, -0.1) is 0 Å². The van der Waals surface area contributed by atoms with E-state index in [9.17, 15) is 13.2 Å². The van der Waals surface area contributed by atoms with Gasteiger partial charge >= 0.3 is 10.2 Å². The second-order valence-electron chi connectivity index (χ2n) is 8.27. The van der Waals surface area contributed by atoms with Crippen molar-refractivity contribution in [2.75, 3.05) is 26.0 Å². The van der Waals surface area contributed by atoms with Crippen LogP contribution in [0.5, 0.6) is 0 Å². The lowest BCUT2D eigenvalue weighted by atomic mass is 10.2. The van der Waals surface area contributed by atoms with Crippen LogP contribution in [0.25, 0.3) is 22.3 Å². The van der Waals surface area contributed by atoms with Gasteiger partial charge in [0, 0.05) is 56.7 Å². The molecule has 0 unspecified atom stereocenters. The Morgan fingerprint density at radius 2 is 1.91 bits per heavy atom. The van der Waals surface area contributed by atoms with E-state index >= 15 is 0 Å². The maximum atomic E-state index is 12.5. The third kappa shape index (κ3) is 4.72. The number of nitrogens with zero attached hydrogens (tertiary/aromatic N) is 7. The molecule has 184 valence electrons. The van der Waals surface area contributed by atoms with Crippen molar-refractivity contribution in [3.63, 3.8) is 0 Å². The summed E-state index contributed by atoms with van der Waals surface area (Å²) >= 11 is 0. The summed E-state index contributed by atoms with van der Waals surface area (Å²) in [4.78, 5) is 25.7. The molecule has 35 heavy (non-hydrogen) atoms. The SMILES string of the molecule is CCNC(=O)c1cn(C(C)C)c2cc(Nc3ccnc(-c4cnn(S(=O)(=O)N(C)C)c4)n3)ncc12. The maximum absolute atomic E-state index is 12.5. The maximum Gasteiger partial charge on any atom is 0.322 e. The topological polar surface area (TPSA) is 140 Å². The highest BCUT2D eigenvalue weighted by Crippen LogP contribution is 2.27. The summed E-state index contributed by atoms with van der Waals surface area (Å²) in [7, 11) is -0.882. The second-order valence-corrected chi connectivity index (χ2v) is 10.3. The Hall–Kier alpha value is -3.84. The van der Waals surface area contributed by atoms with Crippen LogP contribution in [-0.2, 0) is 10.2 Å². The van der Waals surface area contributed by atoms with Gasteiger partial charge in [0.25, 0.3) is 5.91 Å². The molecule has 13 heteroatoms. The van der Waals surface area contributed by atoms with Crippen LogP contribution in [0, 0.1) is 0 Å². The van der Waals surface area contributed by atoms with E-state index in [-0.39, 0.29) is 11.9 Å². The largest absolute Gasteiger partial charge is 0.352 e. The highest BCUT2D eigenvalue weighted by molar-refractivity contribution is 7.87. The Labute approximate surface area is 203 Å². The highest BCUT2D eigenvalue weighted by Gasteiger charge is 2.19. The number of fused-ring (bicyclic) bond motifs is 1. The molecule has 12 nitrogen and oxygen atoms in total. The first-order valence-corrected chi connectivity index (χ1v) is 12.4. The standard InChI is InChI=1S/C22H27N9O3S/c1-6-23-22(32)17-13-30(14(2)3)18-9-20(25-11-16(17)18)27-19-7-8-24-21(28-19)15-10-26-31(12-15)35(33,34)29(4)5/h7-14H,6H2,1-5H3,(H,23,32)(H,24,25,27,28). The van der Waals surface area contributed by atoms with E-state index < -0.39 is 10.2 Å². The molecule has 0 bridgehead atoms. The summed E-state index contributed by atoms with van der Waals surface area (Å²) in [6, 6.07) is 3.68. The van der Waals surface area contributed by atoms with E-state index in [0.717, 1.165) is 19.3 Å². The molecule has 0 spiro atoms. The molecule has 2 N–H and O–H groups in total. The van der Waals surface area contributed by atoms with Gasteiger partial charge in [0.15, 0.2) is 5.82 Å². The summed E-state index contributed by atoms with van der Waals surface area (Å²) < 4.78 is 28.5. The lowest BCUT2D eigenvalue weighted by molar-refractivity contribution is 0.0957. The van der Waals surface area contributed by atoms with Gasteiger partial charge in [0.1, 0.15) is 11.6 Å². The van der Waals surface area contributed by atoms with Crippen LogP contribution in [0.15, 0.2) is 43.1 Å². The summed E-state index contributed by atoms with van der Waals surface area (Å²) in [6.45, 7) is 6.50. The third-order valence-electron chi connectivity index (χ3n) is 5.28. The minimum Gasteiger partial charge on any atom is -0.352 e. The molecular weight excluding hydrogens is 470 g/mol. The average Bonchev–Trinajstić information content (AvgIpc) is 3.45. The minimum absolute atomic E-state index is 0.136. The Bertz CT molecular complexity index is 1490. The van der Waals surface area contributed by atoms with Crippen LogP contribution in [0.4, 0.5) is 11.6 Å². The molecule has 4 heterocycles. The predicted molar refractivity (Wildman–Crippen MR) is 133 cm³/mol. The second kappa shape index (κ2) is 9.43. The Morgan fingerprint density at radius 1 is 1.14 bits per heavy atom. The van der Waals surface area contributed by atoms with E-state index in [0.29, 0.717) is 35.1 Å². The van der Waals surface area contributed by atoms with E-state index in [1.54, 1.807) is 18.5 Å². The van der Waals surface area contributed by atoms with Gasteiger partial charge in [0.05, 0.1) is 29.0 Å². The molecule has 0 atom stereocenters. The summed E-state index contributed by atoms with van der Waals surface area (Å²) in [5, 5.41) is 10.7. The van der Waals surface area contributed by atoms with Crippen LogP contribution >= 0.6 is 0 Å². The van der Waals surface area contributed by atoms with Gasteiger partial charge in [-0.05, 0) is 26.8 Å². The number of rotatable bonds is 8. The van der Waals surface area contributed by atoms with Crippen LogP contribution in [0.3, 0.4) is 0 Å². The quantitative estimate of drug-likeness (QED) is 0.378. The molecule has 0 aliphatic rings. The minimum atomic E-state index is -3.74. The summed E-state index contributed by atoms with van der Waals surface area (Å²) in [5.74, 6) is 1.17. The number of hydrogen-bond acceptors (Lipinski definition) is 8. The lowest BCUT2D eigenvalue weighted by Crippen LogP contribution is -2.29. The van der Waals surface area contributed by atoms with Crippen molar-refractivity contribution in [2.45, 2.75) is 26.8 Å². The molecule has 0 fully saturated rings. The smallest absolute Gasteiger partial charge is 0.322 e. The van der Waals surface area contributed by atoms with E-state index in [1.165, 1.54) is 26.5 Å². The molecule has 0 saturated heterocycles. The van der Waals surface area contributed by atoms with E-state index in [2.05, 4.69) is 30.7 Å². The Morgan fingerprint density at radius 3 is 2.60 bits per heavy atom. The van der Waals surface area contributed by atoms with Gasteiger partial charge in [-0.2, -0.15) is 21.9 Å².